The molecule has 0 bridgehead atoms. The van der Waals surface area contributed by atoms with E-state index < -0.39 is 0 Å². The highest BCUT2D eigenvalue weighted by Gasteiger charge is 2.18. The number of hydrogen-bond acceptors (Lipinski definition) is 4. The summed E-state index contributed by atoms with van der Waals surface area (Å²) >= 11 is 5.88. The van der Waals surface area contributed by atoms with E-state index in [1.165, 1.54) is 12.1 Å². The topological polar surface area (TPSA) is 75.3 Å². The van der Waals surface area contributed by atoms with Crippen LogP contribution in [0, 0.1) is 5.92 Å². The van der Waals surface area contributed by atoms with Gasteiger partial charge in [-0.05, 0) is 44.3 Å². The number of Topliss-reactive ketones (excluding diaryl/α,β-unsaturated/α-hetero) is 1. The van der Waals surface area contributed by atoms with Crippen molar-refractivity contribution in [2.75, 3.05) is 18.8 Å². The van der Waals surface area contributed by atoms with E-state index in [4.69, 9.17) is 17.3 Å². The van der Waals surface area contributed by atoms with Gasteiger partial charge in [0.25, 0.3) is 0 Å². The molecule has 1 aromatic rings. The predicted molar refractivity (Wildman–Crippen MR) is 76.7 cm³/mol. The molecule has 19 heavy (non-hydrogen) atoms. The Balaban J connectivity index is 1.97. The average molecular weight is 283 g/mol. The lowest BCUT2D eigenvalue weighted by Crippen LogP contribution is -2.28. The molecule has 1 aromatic carbocycles. The minimum Gasteiger partial charge on any atom is -0.507 e. The number of phenols is 1. The number of nitrogens with one attached hydrogen (secondary N) is 1. The highest BCUT2D eigenvalue weighted by Crippen LogP contribution is 2.29. The molecule has 0 amide bonds. The lowest BCUT2D eigenvalue weighted by Gasteiger charge is -2.22. The second-order valence-electron chi connectivity index (χ2n) is 5.05. The van der Waals surface area contributed by atoms with Crippen molar-refractivity contribution in [1.82, 2.24) is 5.32 Å². The zero-order valence-electron chi connectivity index (χ0n) is 10.8. The summed E-state index contributed by atoms with van der Waals surface area (Å²) in [7, 11) is 0. The maximum absolute atomic E-state index is 12.1. The number of anilines is 1. The Morgan fingerprint density at radius 1 is 1.42 bits per heavy atom. The summed E-state index contributed by atoms with van der Waals surface area (Å²) in [6, 6.07) is 2.79. The minimum atomic E-state index is -0.0859. The van der Waals surface area contributed by atoms with Gasteiger partial charge in [0.2, 0.25) is 0 Å². The van der Waals surface area contributed by atoms with Crippen LogP contribution in [0.1, 0.15) is 36.0 Å². The maximum Gasteiger partial charge on any atom is 0.166 e. The summed E-state index contributed by atoms with van der Waals surface area (Å²) in [6.07, 6.45) is 3.53. The Morgan fingerprint density at radius 3 is 2.79 bits per heavy atom. The Labute approximate surface area is 117 Å². The third-order valence-electron chi connectivity index (χ3n) is 3.65. The van der Waals surface area contributed by atoms with Crippen LogP contribution < -0.4 is 11.1 Å². The lowest BCUT2D eigenvalue weighted by atomic mass is 9.91. The summed E-state index contributed by atoms with van der Waals surface area (Å²) in [5, 5.41) is 13.4. The normalized spacial score (nSPS) is 16.5. The van der Waals surface area contributed by atoms with Gasteiger partial charge in [0.1, 0.15) is 5.75 Å². The maximum atomic E-state index is 12.1. The molecule has 0 atom stereocenters. The lowest BCUT2D eigenvalue weighted by molar-refractivity contribution is 0.0968. The van der Waals surface area contributed by atoms with Crippen LogP contribution in [-0.4, -0.2) is 24.0 Å². The van der Waals surface area contributed by atoms with Crippen molar-refractivity contribution in [2.45, 2.75) is 25.7 Å². The zero-order valence-corrected chi connectivity index (χ0v) is 11.5. The van der Waals surface area contributed by atoms with Crippen LogP contribution in [0.25, 0.3) is 0 Å². The first-order valence-corrected chi connectivity index (χ1v) is 6.97. The summed E-state index contributed by atoms with van der Waals surface area (Å²) in [5.74, 6) is 0.437. The number of halogens is 1. The smallest absolute Gasteiger partial charge is 0.166 e. The Kier molecular flexibility index (Phi) is 4.66. The van der Waals surface area contributed by atoms with Crippen LogP contribution in [-0.2, 0) is 0 Å². The fourth-order valence-corrected chi connectivity index (χ4v) is 2.61. The van der Waals surface area contributed by atoms with Gasteiger partial charge in [0, 0.05) is 12.5 Å². The fraction of sp³-hybridized carbons (Fsp3) is 0.500. The molecule has 1 saturated heterocycles. The molecule has 4 nitrogen and oxygen atoms in total. The number of aromatic hydroxyl groups is 1. The number of benzene rings is 1. The second-order valence-corrected chi connectivity index (χ2v) is 5.45. The third kappa shape index (κ3) is 3.61. The van der Waals surface area contributed by atoms with E-state index in [2.05, 4.69) is 5.32 Å². The number of carbonyl (C=O) groups is 1. The molecule has 2 rings (SSSR count). The second kappa shape index (κ2) is 6.26. The molecule has 104 valence electrons. The van der Waals surface area contributed by atoms with Crippen LogP contribution >= 0.6 is 11.6 Å². The van der Waals surface area contributed by atoms with Gasteiger partial charge in [-0.25, -0.2) is 0 Å². The van der Waals surface area contributed by atoms with Gasteiger partial charge in [-0.15, -0.1) is 0 Å². The Hall–Kier alpha value is -1.26. The number of nitrogen functional groups attached to an aromatic ring is 1. The number of nitrogens with two attached hydrogens (primary N) is 1. The van der Waals surface area contributed by atoms with Crippen molar-refractivity contribution in [2.24, 2.45) is 5.92 Å². The monoisotopic (exact) mass is 282 g/mol. The SMILES string of the molecule is Nc1cc(O)c(C(=O)CCC2CCNCC2)cc1Cl. The molecule has 1 aliphatic rings. The largest absolute Gasteiger partial charge is 0.507 e. The first-order valence-electron chi connectivity index (χ1n) is 6.60. The fourth-order valence-electron chi connectivity index (χ4n) is 2.44. The van der Waals surface area contributed by atoms with Gasteiger partial charge in [0.15, 0.2) is 5.78 Å². The van der Waals surface area contributed by atoms with Crippen LogP contribution in [0.4, 0.5) is 5.69 Å². The molecule has 1 aliphatic heterocycles. The van der Waals surface area contributed by atoms with Gasteiger partial charge in [-0.2, -0.15) is 0 Å². The van der Waals surface area contributed by atoms with Crippen LogP contribution in [0.5, 0.6) is 5.75 Å². The number of piperidine rings is 1. The molecule has 0 unspecified atom stereocenters. The molecular weight excluding hydrogens is 264 g/mol. The number of phenolic OH excluding ortho intramolecular Hbond substituents is 1. The molecule has 0 radical (unpaired) electrons. The van der Waals surface area contributed by atoms with Crippen molar-refractivity contribution >= 4 is 23.1 Å². The molecule has 1 heterocycles. The summed E-state index contributed by atoms with van der Waals surface area (Å²) < 4.78 is 0. The average Bonchev–Trinajstić information content (AvgIpc) is 2.41. The van der Waals surface area contributed by atoms with Crippen molar-refractivity contribution in [3.8, 4) is 5.75 Å². The first kappa shape index (κ1) is 14.2. The molecule has 0 spiro atoms. The zero-order chi connectivity index (χ0) is 13.8. The molecule has 0 aromatic heterocycles. The van der Waals surface area contributed by atoms with Crippen LogP contribution in [0.2, 0.25) is 5.02 Å². The van der Waals surface area contributed by atoms with Crippen molar-refractivity contribution in [1.29, 1.82) is 0 Å². The molecule has 0 saturated carbocycles. The first-order chi connectivity index (χ1) is 9.08. The van der Waals surface area contributed by atoms with Gasteiger partial charge in [0.05, 0.1) is 16.3 Å². The number of carbonyl (C=O) groups excluding carboxylic acids is 1. The highest BCUT2D eigenvalue weighted by molar-refractivity contribution is 6.33. The predicted octanol–water partition coefficient (Wildman–Crippen LogP) is 2.59. The quantitative estimate of drug-likeness (QED) is 0.586. The third-order valence-corrected chi connectivity index (χ3v) is 3.98. The van der Waals surface area contributed by atoms with Gasteiger partial charge in [-0.1, -0.05) is 11.6 Å². The highest BCUT2D eigenvalue weighted by atomic mass is 35.5. The number of ketones is 1. The van der Waals surface area contributed by atoms with Gasteiger partial charge < -0.3 is 16.2 Å². The van der Waals surface area contributed by atoms with E-state index in [1.54, 1.807) is 0 Å². The van der Waals surface area contributed by atoms with Crippen molar-refractivity contribution in [3.05, 3.63) is 22.7 Å². The van der Waals surface area contributed by atoms with Crippen molar-refractivity contribution < 1.29 is 9.90 Å². The Morgan fingerprint density at radius 2 is 2.11 bits per heavy atom. The number of rotatable bonds is 4. The summed E-state index contributed by atoms with van der Waals surface area (Å²) in [4.78, 5) is 12.1. The van der Waals surface area contributed by atoms with E-state index in [0.29, 0.717) is 17.4 Å². The van der Waals surface area contributed by atoms with Crippen LogP contribution in [0.15, 0.2) is 12.1 Å². The number of hydrogen-bond donors (Lipinski definition) is 3. The Bertz CT molecular complexity index is 471. The molecular formula is C14H19ClN2O2. The van der Waals surface area contributed by atoms with Crippen LogP contribution in [0.3, 0.4) is 0 Å². The van der Waals surface area contributed by atoms with E-state index in [1.807, 2.05) is 0 Å². The van der Waals surface area contributed by atoms with Gasteiger partial charge >= 0.3 is 0 Å². The van der Waals surface area contributed by atoms with E-state index in [9.17, 15) is 9.90 Å². The standard InChI is InChI=1S/C14H19ClN2O2/c15-11-7-10(14(19)8-12(11)16)13(18)2-1-9-3-5-17-6-4-9/h7-9,17,19H,1-6,16H2. The van der Waals surface area contributed by atoms with E-state index in [-0.39, 0.29) is 22.8 Å². The van der Waals surface area contributed by atoms with E-state index >= 15 is 0 Å². The van der Waals surface area contributed by atoms with Crippen molar-refractivity contribution in [3.63, 3.8) is 0 Å². The minimum absolute atomic E-state index is 0.0714. The molecule has 5 heteroatoms. The molecule has 1 fully saturated rings. The summed E-state index contributed by atoms with van der Waals surface area (Å²) in [6.45, 7) is 2.05. The molecule has 0 aliphatic carbocycles. The summed E-state index contributed by atoms with van der Waals surface area (Å²) in [5.41, 5.74) is 6.13. The van der Waals surface area contributed by atoms with E-state index in [0.717, 1.165) is 32.4 Å². The van der Waals surface area contributed by atoms with Gasteiger partial charge in [-0.3, -0.25) is 4.79 Å². The molecule has 4 N–H and O–H groups in total.